The number of aliphatic hydroxyl groups is 1. The van der Waals surface area contributed by atoms with Crippen molar-refractivity contribution >= 4 is 29.1 Å². The summed E-state index contributed by atoms with van der Waals surface area (Å²) < 4.78 is 5.47. The zero-order valence-corrected chi connectivity index (χ0v) is 13.4. The number of aliphatic hydroxyl groups excluding tert-OH is 1. The fraction of sp³-hybridized carbons (Fsp3) is 0.533. The van der Waals surface area contributed by atoms with Gasteiger partial charge in [0.25, 0.3) is 5.91 Å². The molecule has 1 N–H and O–H groups in total. The van der Waals surface area contributed by atoms with E-state index in [4.69, 9.17) is 27.9 Å². The lowest BCUT2D eigenvalue weighted by atomic mass is 10.1. The van der Waals surface area contributed by atoms with E-state index in [1.807, 2.05) is 0 Å². The van der Waals surface area contributed by atoms with Crippen LogP contribution in [0.25, 0.3) is 0 Å². The van der Waals surface area contributed by atoms with Crippen LogP contribution in [0.4, 0.5) is 0 Å². The van der Waals surface area contributed by atoms with E-state index in [-0.39, 0.29) is 18.6 Å². The maximum Gasteiger partial charge on any atom is 0.260 e. The second-order valence-electron chi connectivity index (χ2n) is 5.33. The molecule has 0 spiro atoms. The number of carbonyl (C=O) groups is 1. The molecular weight excluding hydrogens is 313 g/mol. The Morgan fingerprint density at radius 1 is 1.48 bits per heavy atom. The summed E-state index contributed by atoms with van der Waals surface area (Å²) in [5.41, 5.74) is 0. The minimum absolute atomic E-state index is 0.0335. The van der Waals surface area contributed by atoms with E-state index in [9.17, 15) is 9.90 Å². The number of halogens is 2. The first-order chi connectivity index (χ1) is 9.97. The molecule has 2 unspecified atom stereocenters. The molecule has 1 aliphatic rings. The first-order valence-electron chi connectivity index (χ1n) is 7.02. The normalized spacial score (nSPS) is 19.6. The van der Waals surface area contributed by atoms with Crippen molar-refractivity contribution in [1.29, 1.82) is 0 Å². The molecule has 0 aromatic heterocycles. The Kier molecular flexibility index (Phi) is 5.73. The third-order valence-corrected chi connectivity index (χ3v) is 4.30. The maximum absolute atomic E-state index is 12.2. The van der Waals surface area contributed by atoms with Gasteiger partial charge in [-0.15, -0.1) is 0 Å². The highest BCUT2D eigenvalue weighted by atomic mass is 35.5. The number of amides is 1. The molecule has 0 saturated carbocycles. The summed E-state index contributed by atoms with van der Waals surface area (Å²) in [4.78, 5) is 14.0. The monoisotopic (exact) mass is 331 g/mol. The SMILES string of the molecule is CC(O)CC1CCCN1C(=O)COc1ccc(Cl)c(Cl)c1. The van der Waals surface area contributed by atoms with Crippen LogP contribution in [0.3, 0.4) is 0 Å². The highest BCUT2D eigenvalue weighted by Crippen LogP contribution is 2.27. The molecule has 1 aromatic carbocycles. The van der Waals surface area contributed by atoms with Crippen LogP contribution in [-0.2, 0) is 4.79 Å². The molecule has 4 nitrogen and oxygen atoms in total. The standard InChI is InChI=1S/C15H19Cl2NO3/c1-10(19)7-11-3-2-6-18(11)15(20)9-21-12-4-5-13(16)14(17)8-12/h4-5,8,10-11,19H,2-3,6-7,9H2,1H3. The largest absolute Gasteiger partial charge is 0.484 e. The van der Waals surface area contributed by atoms with Gasteiger partial charge in [0.2, 0.25) is 0 Å². The van der Waals surface area contributed by atoms with Gasteiger partial charge in [0, 0.05) is 18.7 Å². The molecule has 6 heteroatoms. The minimum atomic E-state index is -0.403. The minimum Gasteiger partial charge on any atom is -0.484 e. The third-order valence-electron chi connectivity index (χ3n) is 3.56. The summed E-state index contributed by atoms with van der Waals surface area (Å²) >= 11 is 11.7. The number of hydrogen-bond acceptors (Lipinski definition) is 3. The van der Waals surface area contributed by atoms with Crippen molar-refractivity contribution in [2.75, 3.05) is 13.2 Å². The fourth-order valence-electron chi connectivity index (χ4n) is 2.60. The predicted molar refractivity (Wildman–Crippen MR) is 83.0 cm³/mol. The quantitative estimate of drug-likeness (QED) is 0.901. The Morgan fingerprint density at radius 2 is 2.24 bits per heavy atom. The van der Waals surface area contributed by atoms with Gasteiger partial charge in [-0.1, -0.05) is 23.2 Å². The van der Waals surface area contributed by atoms with Gasteiger partial charge >= 0.3 is 0 Å². The number of benzene rings is 1. The number of rotatable bonds is 5. The average Bonchev–Trinajstić information content (AvgIpc) is 2.87. The highest BCUT2D eigenvalue weighted by Gasteiger charge is 2.29. The van der Waals surface area contributed by atoms with E-state index in [1.165, 1.54) is 0 Å². The second kappa shape index (κ2) is 7.34. The lowest BCUT2D eigenvalue weighted by molar-refractivity contribution is -0.134. The van der Waals surface area contributed by atoms with Crippen molar-refractivity contribution in [1.82, 2.24) is 4.90 Å². The average molecular weight is 332 g/mol. The molecular formula is C15H19Cl2NO3. The first kappa shape index (κ1) is 16.4. The zero-order chi connectivity index (χ0) is 15.4. The molecule has 2 atom stereocenters. The predicted octanol–water partition coefficient (Wildman–Crippen LogP) is 3.13. The van der Waals surface area contributed by atoms with Gasteiger partial charge in [-0.3, -0.25) is 4.79 Å². The maximum atomic E-state index is 12.2. The van der Waals surface area contributed by atoms with Gasteiger partial charge in [-0.2, -0.15) is 0 Å². The molecule has 116 valence electrons. The summed E-state index contributed by atoms with van der Waals surface area (Å²) in [6, 6.07) is 5.01. The Labute approximate surface area is 134 Å². The molecule has 1 aromatic rings. The molecule has 0 aliphatic carbocycles. The molecule has 2 rings (SSSR count). The van der Waals surface area contributed by atoms with Gasteiger partial charge in [0.15, 0.2) is 6.61 Å². The van der Waals surface area contributed by atoms with E-state index >= 15 is 0 Å². The van der Waals surface area contributed by atoms with Gasteiger partial charge in [-0.25, -0.2) is 0 Å². The van der Waals surface area contributed by atoms with Gasteiger partial charge in [-0.05, 0) is 38.3 Å². The summed E-state index contributed by atoms with van der Waals surface area (Å²) in [6.07, 6.45) is 2.11. The second-order valence-corrected chi connectivity index (χ2v) is 6.15. The fourth-order valence-corrected chi connectivity index (χ4v) is 2.89. The third kappa shape index (κ3) is 4.50. The van der Waals surface area contributed by atoms with Crippen molar-refractivity contribution in [2.45, 2.75) is 38.3 Å². The van der Waals surface area contributed by atoms with Gasteiger partial charge < -0.3 is 14.7 Å². The molecule has 1 saturated heterocycles. The highest BCUT2D eigenvalue weighted by molar-refractivity contribution is 6.42. The smallest absolute Gasteiger partial charge is 0.260 e. The Morgan fingerprint density at radius 3 is 2.90 bits per heavy atom. The van der Waals surface area contributed by atoms with Crippen LogP contribution >= 0.6 is 23.2 Å². The van der Waals surface area contributed by atoms with Crippen molar-refractivity contribution in [2.24, 2.45) is 0 Å². The van der Waals surface area contributed by atoms with Crippen LogP contribution in [0.15, 0.2) is 18.2 Å². The van der Waals surface area contributed by atoms with E-state index in [0.717, 1.165) is 19.4 Å². The lowest BCUT2D eigenvalue weighted by Crippen LogP contribution is -2.39. The van der Waals surface area contributed by atoms with E-state index in [1.54, 1.807) is 30.0 Å². The van der Waals surface area contributed by atoms with E-state index in [0.29, 0.717) is 22.2 Å². The summed E-state index contributed by atoms with van der Waals surface area (Å²) in [5.74, 6) is 0.452. The number of carbonyl (C=O) groups excluding carboxylic acids is 1. The summed E-state index contributed by atoms with van der Waals surface area (Å²) in [5, 5.41) is 10.3. The molecule has 21 heavy (non-hydrogen) atoms. The number of likely N-dealkylation sites (tertiary alicyclic amines) is 1. The van der Waals surface area contributed by atoms with Crippen molar-refractivity contribution in [3.63, 3.8) is 0 Å². The van der Waals surface area contributed by atoms with Crippen LogP contribution < -0.4 is 4.74 Å². The van der Waals surface area contributed by atoms with Crippen molar-refractivity contribution < 1.29 is 14.6 Å². The number of ether oxygens (including phenoxy) is 1. The number of hydrogen-bond donors (Lipinski definition) is 1. The summed E-state index contributed by atoms with van der Waals surface area (Å²) in [6.45, 7) is 2.43. The Bertz CT molecular complexity index is 508. The number of nitrogens with zero attached hydrogens (tertiary/aromatic N) is 1. The van der Waals surface area contributed by atoms with Gasteiger partial charge in [0.05, 0.1) is 16.1 Å². The van der Waals surface area contributed by atoms with Crippen LogP contribution in [0.1, 0.15) is 26.2 Å². The molecule has 1 fully saturated rings. The zero-order valence-electron chi connectivity index (χ0n) is 11.9. The first-order valence-corrected chi connectivity index (χ1v) is 7.78. The van der Waals surface area contributed by atoms with Gasteiger partial charge in [0.1, 0.15) is 5.75 Å². The molecule has 1 heterocycles. The molecule has 1 amide bonds. The van der Waals surface area contributed by atoms with Crippen LogP contribution in [-0.4, -0.2) is 41.2 Å². The van der Waals surface area contributed by atoms with Crippen molar-refractivity contribution in [3.05, 3.63) is 28.2 Å². The van der Waals surface area contributed by atoms with E-state index in [2.05, 4.69) is 0 Å². The molecule has 1 aliphatic heterocycles. The molecule has 0 bridgehead atoms. The van der Waals surface area contributed by atoms with Crippen LogP contribution in [0.5, 0.6) is 5.75 Å². The Balaban J connectivity index is 1.90. The van der Waals surface area contributed by atoms with E-state index < -0.39 is 6.10 Å². The van der Waals surface area contributed by atoms with Crippen LogP contribution in [0.2, 0.25) is 10.0 Å². The summed E-state index contributed by atoms with van der Waals surface area (Å²) in [7, 11) is 0. The van der Waals surface area contributed by atoms with Crippen molar-refractivity contribution in [3.8, 4) is 5.75 Å². The Hall–Kier alpha value is -0.970. The van der Waals surface area contributed by atoms with Crippen LogP contribution in [0, 0.1) is 0 Å². The topological polar surface area (TPSA) is 49.8 Å². The molecule has 0 radical (unpaired) electrons. The lowest BCUT2D eigenvalue weighted by Gasteiger charge is -2.25.